The minimum absolute atomic E-state index is 0.144. The monoisotopic (exact) mass is 385 g/mol. The van der Waals surface area contributed by atoms with Crippen molar-refractivity contribution in [3.63, 3.8) is 0 Å². The van der Waals surface area contributed by atoms with E-state index in [9.17, 15) is 9.59 Å². The van der Waals surface area contributed by atoms with Crippen molar-refractivity contribution >= 4 is 22.7 Å². The van der Waals surface area contributed by atoms with Crippen LogP contribution in [0.4, 0.5) is 0 Å². The van der Waals surface area contributed by atoms with E-state index in [0.29, 0.717) is 29.1 Å². The summed E-state index contributed by atoms with van der Waals surface area (Å²) in [5.41, 5.74) is 3.33. The van der Waals surface area contributed by atoms with Gasteiger partial charge < -0.3 is 15.1 Å². The molecular weight excluding hydrogens is 366 g/mol. The van der Waals surface area contributed by atoms with Crippen LogP contribution in [0.3, 0.4) is 0 Å². The van der Waals surface area contributed by atoms with Gasteiger partial charge in [0.1, 0.15) is 5.69 Å². The first kappa shape index (κ1) is 18.4. The summed E-state index contributed by atoms with van der Waals surface area (Å²) in [5.74, 6) is 0.260. The summed E-state index contributed by atoms with van der Waals surface area (Å²) < 4.78 is 5.45. The Balaban J connectivity index is 1.59. The van der Waals surface area contributed by atoms with Gasteiger partial charge in [0.2, 0.25) is 0 Å². The maximum Gasteiger partial charge on any atom is 0.252 e. The first-order valence-electron chi connectivity index (χ1n) is 9.18. The molecule has 2 aromatic heterocycles. The number of rotatable bonds is 5. The molecule has 0 saturated heterocycles. The number of carbonyl (C=O) groups excluding carboxylic acids is 2. The largest absolute Gasteiger partial charge is 0.463 e. The average molecular weight is 385 g/mol. The van der Waals surface area contributed by atoms with E-state index in [1.807, 2.05) is 42.5 Å². The lowest BCUT2D eigenvalue weighted by Crippen LogP contribution is -2.23. The molecule has 144 valence electrons. The van der Waals surface area contributed by atoms with Crippen LogP contribution in [0.25, 0.3) is 22.4 Å². The fourth-order valence-electron chi connectivity index (χ4n) is 3.11. The molecule has 6 nitrogen and oxygen atoms in total. The Bertz CT molecular complexity index is 1170. The SMILES string of the molecule is CNC(=O)c1ccc(CNC(=O)c2cc(-c3ccco3)nc3ccccc23)cc1. The van der Waals surface area contributed by atoms with Gasteiger partial charge in [-0.1, -0.05) is 30.3 Å². The summed E-state index contributed by atoms with van der Waals surface area (Å²) in [6.45, 7) is 0.347. The van der Waals surface area contributed by atoms with Gasteiger partial charge in [0, 0.05) is 24.5 Å². The highest BCUT2D eigenvalue weighted by atomic mass is 16.3. The van der Waals surface area contributed by atoms with Crippen molar-refractivity contribution in [2.24, 2.45) is 0 Å². The predicted molar refractivity (Wildman–Crippen MR) is 110 cm³/mol. The van der Waals surface area contributed by atoms with Gasteiger partial charge in [-0.25, -0.2) is 4.98 Å². The van der Waals surface area contributed by atoms with Gasteiger partial charge >= 0.3 is 0 Å². The third kappa shape index (κ3) is 3.87. The zero-order valence-electron chi connectivity index (χ0n) is 15.8. The highest BCUT2D eigenvalue weighted by molar-refractivity contribution is 6.07. The predicted octanol–water partition coefficient (Wildman–Crippen LogP) is 3.78. The number of nitrogens with one attached hydrogen (secondary N) is 2. The maximum absolute atomic E-state index is 12.9. The number of pyridine rings is 1. The van der Waals surface area contributed by atoms with Crippen LogP contribution in [-0.2, 0) is 6.54 Å². The fourth-order valence-corrected chi connectivity index (χ4v) is 3.11. The van der Waals surface area contributed by atoms with Crippen LogP contribution in [0.15, 0.2) is 77.4 Å². The minimum Gasteiger partial charge on any atom is -0.463 e. The van der Waals surface area contributed by atoms with Gasteiger partial charge in [-0.15, -0.1) is 0 Å². The number of benzene rings is 2. The van der Waals surface area contributed by atoms with Gasteiger partial charge in [-0.3, -0.25) is 9.59 Å². The number of hydrogen-bond donors (Lipinski definition) is 2. The van der Waals surface area contributed by atoms with Gasteiger partial charge in [-0.05, 0) is 42.0 Å². The molecule has 0 aliphatic rings. The Morgan fingerprint density at radius 1 is 0.966 bits per heavy atom. The molecule has 0 aliphatic heterocycles. The summed E-state index contributed by atoms with van der Waals surface area (Å²) in [6, 6.07) is 20.0. The lowest BCUT2D eigenvalue weighted by molar-refractivity contribution is 0.0947. The molecule has 4 aromatic rings. The lowest BCUT2D eigenvalue weighted by Gasteiger charge is -2.10. The summed E-state index contributed by atoms with van der Waals surface area (Å²) in [5, 5.41) is 6.30. The van der Waals surface area contributed by atoms with Gasteiger partial charge in [-0.2, -0.15) is 0 Å². The summed E-state index contributed by atoms with van der Waals surface area (Å²) >= 11 is 0. The number of aromatic nitrogens is 1. The fraction of sp³-hybridized carbons (Fsp3) is 0.0870. The van der Waals surface area contributed by atoms with Crippen molar-refractivity contribution in [3.05, 3.63) is 89.7 Å². The van der Waals surface area contributed by atoms with Crippen molar-refractivity contribution < 1.29 is 14.0 Å². The smallest absolute Gasteiger partial charge is 0.252 e. The zero-order chi connectivity index (χ0) is 20.2. The molecule has 0 atom stereocenters. The Morgan fingerprint density at radius 2 is 1.76 bits per heavy atom. The van der Waals surface area contributed by atoms with Crippen molar-refractivity contribution in [1.82, 2.24) is 15.6 Å². The molecule has 0 aliphatic carbocycles. The molecular formula is C23H19N3O3. The molecule has 0 bridgehead atoms. The Morgan fingerprint density at radius 3 is 2.48 bits per heavy atom. The van der Waals surface area contributed by atoms with Crippen molar-refractivity contribution in [2.45, 2.75) is 6.54 Å². The second-order valence-corrected chi connectivity index (χ2v) is 6.51. The van der Waals surface area contributed by atoms with E-state index in [-0.39, 0.29) is 11.8 Å². The van der Waals surface area contributed by atoms with Crippen LogP contribution in [0.5, 0.6) is 0 Å². The number of carbonyl (C=O) groups is 2. The van der Waals surface area contributed by atoms with Crippen molar-refractivity contribution in [2.75, 3.05) is 7.05 Å². The summed E-state index contributed by atoms with van der Waals surface area (Å²) in [6.07, 6.45) is 1.58. The number of para-hydroxylation sites is 1. The van der Waals surface area contributed by atoms with Crippen LogP contribution >= 0.6 is 0 Å². The minimum atomic E-state index is -0.202. The van der Waals surface area contributed by atoms with Gasteiger partial charge in [0.15, 0.2) is 5.76 Å². The molecule has 4 rings (SSSR count). The van der Waals surface area contributed by atoms with Crippen molar-refractivity contribution in [1.29, 1.82) is 0 Å². The first-order chi connectivity index (χ1) is 14.2. The molecule has 0 fully saturated rings. The molecule has 2 amide bonds. The normalized spacial score (nSPS) is 10.7. The Hall–Kier alpha value is -3.93. The third-order valence-corrected chi connectivity index (χ3v) is 4.63. The average Bonchev–Trinajstić information content (AvgIpc) is 3.31. The number of furan rings is 1. The second kappa shape index (κ2) is 7.98. The van der Waals surface area contributed by atoms with E-state index in [1.54, 1.807) is 37.6 Å². The molecule has 2 N–H and O–H groups in total. The quantitative estimate of drug-likeness (QED) is 0.548. The lowest BCUT2D eigenvalue weighted by atomic mass is 10.1. The van der Waals surface area contributed by atoms with Crippen molar-refractivity contribution in [3.8, 4) is 11.5 Å². The first-order valence-corrected chi connectivity index (χ1v) is 9.18. The molecule has 0 radical (unpaired) electrons. The molecule has 0 saturated carbocycles. The number of fused-ring (bicyclic) bond motifs is 1. The summed E-state index contributed by atoms with van der Waals surface area (Å²) in [4.78, 5) is 29.2. The van der Waals surface area contributed by atoms with Crippen LogP contribution in [0.1, 0.15) is 26.3 Å². The molecule has 6 heteroatoms. The van der Waals surface area contributed by atoms with Gasteiger partial charge in [0.05, 0.1) is 17.3 Å². The highest BCUT2D eigenvalue weighted by Crippen LogP contribution is 2.25. The molecule has 2 aromatic carbocycles. The topological polar surface area (TPSA) is 84.2 Å². The van der Waals surface area contributed by atoms with Crippen LogP contribution in [-0.4, -0.2) is 23.8 Å². The van der Waals surface area contributed by atoms with E-state index >= 15 is 0 Å². The zero-order valence-corrected chi connectivity index (χ0v) is 15.8. The Kier molecular flexibility index (Phi) is 5.07. The third-order valence-electron chi connectivity index (χ3n) is 4.63. The van der Waals surface area contributed by atoms with E-state index in [2.05, 4.69) is 15.6 Å². The number of hydrogen-bond acceptors (Lipinski definition) is 4. The number of nitrogens with zero attached hydrogens (tertiary/aromatic N) is 1. The van der Waals surface area contributed by atoms with Gasteiger partial charge in [0.25, 0.3) is 11.8 Å². The van der Waals surface area contributed by atoms with E-state index in [1.165, 1.54) is 0 Å². The van der Waals surface area contributed by atoms with E-state index < -0.39 is 0 Å². The second-order valence-electron chi connectivity index (χ2n) is 6.51. The number of amides is 2. The molecule has 0 unspecified atom stereocenters. The van der Waals surface area contributed by atoms with E-state index in [4.69, 9.17) is 4.42 Å². The van der Waals surface area contributed by atoms with Crippen LogP contribution < -0.4 is 10.6 Å². The molecule has 2 heterocycles. The van der Waals surface area contributed by atoms with Crippen LogP contribution in [0.2, 0.25) is 0 Å². The standard InChI is InChI=1S/C23H19N3O3/c1-24-22(27)16-10-8-15(9-11-16)14-25-23(28)18-13-20(21-7-4-12-29-21)26-19-6-3-2-5-17(18)19/h2-13H,14H2,1H3,(H,24,27)(H,25,28). The maximum atomic E-state index is 12.9. The van der Waals surface area contributed by atoms with E-state index in [0.717, 1.165) is 16.5 Å². The van der Waals surface area contributed by atoms with Crippen LogP contribution in [0, 0.1) is 0 Å². The summed E-state index contributed by atoms with van der Waals surface area (Å²) in [7, 11) is 1.59. The highest BCUT2D eigenvalue weighted by Gasteiger charge is 2.15. The molecule has 0 spiro atoms. The Labute approximate surface area is 167 Å². The molecule has 29 heavy (non-hydrogen) atoms.